The van der Waals surface area contributed by atoms with Crippen molar-refractivity contribution in [1.82, 2.24) is 15.1 Å². The predicted octanol–water partition coefficient (Wildman–Crippen LogP) is 0.951. The van der Waals surface area contributed by atoms with Crippen LogP contribution in [0.2, 0.25) is 0 Å². The van der Waals surface area contributed by atoms with E-state index in [1.165, 1.54) is 4.90 Å². The summed E-state index contributed by atoms with van der Waals surface area (Å²) in [6, 6.07) is 0.275. The molecule has 1 N–H and O–H groups in total. The van der Waals surface area contributed by atoms with Crippen LogP contribution in [0.25, 0.3) is 0 Å². The number of carbonyl (C=O) groups excluding carboxylic acids is 3. The van der Waals surface area contributed by atoms with E-state index in [2.05, 4.69) is 12.2 Å². The van der Waals surface area contributed by atoms with Crippen molar-refractivity contribution in [2.75, 3.05) is 26.2 Å². The molecule has 7 nitrogen and oxygen atoms in total. The molecule has 0 radical (unpaired) electrons. The molecule has 8 heteroatoms. The number of carbonyl (C=O) groups is 3. The molecule has 4 rings (SSSR count). The van der Waals surface area contributed by atoms with E-state index in [-0.39, 0.29) is 73.2 Å². The molecule has 4 unspecified atom stereocenters. The number of imide groups is 1. The Hall–Kier alpha value is -1.18. The lowest BCUT2D eigenvalue weighted by atomic mass is 9.81. The second-order valence-electron chi connectivity index (χ2n) is 7.99. The molecule has 3 amide bonds. The van der Waals surface area contributed by atoms with E-state index in [4.69, 9.17) is 4.74 Å². The Bertz CT molecular complexity index is 568. The molecule has 0 aromatic rings. The highest BCUT2D eigenvalue weighted by Crippen LogP contribution is 2.48. The standard InChI is InChI=1S/C19H29N3O4.ClH/c1-2-10-21(12-5-8-20-9-6-12)15(23)7-11-22-18(24)16-13-3-4-14(26-13)17(16)19(22)25;/h12-14,16-17,20H,2-11H2,1H3;1H. The molecule has 2 bridgehead atoms. The third kappa shape index (κ3) is 3.61. The Kier molecular flexibility index (Phi) is 6.43. The van der Waals surface area contributed by atoms with Gasteiger partial charge in [0.15, 0.2) is 0 Å². The smallest absolute Gasteiger partial charge is 0.235 e. The van der Waals surface area contributed by atoms with Crippen LogP contribution in [0.3, 0.4) is 0 Å². The van der Waals surface area contributed by atoms with Gasteiger partial charge < -0.3 is 15.0 Å². The van der Waals surface area contributed by atoms with E-state index in [1.54, 1.807) is 0 Å². The van der Waals surface area contributed by atoms with Crippen LogP contribution in [0.15, 0.2) is 0 Å². The van der Waals surface area contributed by atoms with E-state index in [0.717, 1.165) is 51.7 Å². The molecule has 0 aromatic heterocycles. The molecular weight excluding hydrogens is 370 g/mol. The first-order valence-corrected chi connectivity index (χ1v) is 10.1. The molecule has 4 fully saturated rings. The summed E-state index contributed by atoms with van der Waals surface area (Å²) < 4.78 is 5.75. The van der Waals surface area contributed by atoms with Crippen molar-refractivity contribution in [3.8, 4) is 0 Å². The molecule has 4 atom stereocenters. The maximum absolute atomic E-state index is 12.8. The van der Waals surface area contributed by atoms with Crippen molar-refractivity contribution in [3.63, 3.8) is 0 Å². The average Bonchev–Trinajstić information content (AvgIpc) is 3.33. The maximum atomic E-state index is 12.8. The van der Waals surface area contributed by atoms with Gasteiger partial charge in [-0.2, -0.15) is 0 Å². The Morgan fingerprint density at radius 3 is 2.26 bits per heavy atom. The fourth-order valence-corrected chi connectivity index (χ4v) is 5.22. The highest BCUT2D eigenvalue weighted by atomic mass is 35.5. The third-order valence-corrected chi connectivity index (χ3v) is 6.46. The zero-order chi connectivity index (χ0) is 18.3. The summed E-state index contributed by atoms with van der Waals surface area (Å²) in [4.78, 5) is 41.5. The molecule has 0 saturated carbocycles. The van der Waals surface area contributed by atoms with Gasteiger partial charge in [0.05, 0.1) is 24.0 Å². The number of hydrogen-bond donors (Lipinski definition) is 1. The topological polar surface area (TPSA) is 79.0 Å². The number of nitrogens with zero attached hydrogens (tertiary/aromatic N) is 2. The van der Waals surface area contributed by atoms with Gasteiger partial charge in [0.1, 0.15) is 0 Å². The van der Waals surface area contributed by atoms with E-state index < -0.39 is 0 Å². The van der Waals surface area contributed by atoms with Gasteiger partial charge in [-0.3, -0.25) is 19.3 Å². The van der Waals surface area contributed by atoms with Gasteiger partial charge in [0, 0.05) is 25.6 Å². The number of hydrogen-bond acceptors (Lipinski definition) is 5. The number of amides is 3. The number of rotatable bonds is 6. The van der Waals surface area contributed by atoms with Crippen molar-refractivity contribution in [3.05, 3.63) is 0 Å². The van der Waals surface area contributed by atoms with Crippen molar-refractivity contribution in [2.24, 2.45) is 11.8 Å². The van der Waals surface area contributed by atoms with Gasteiger partial charge in [-0.1, -0.05) is 6.92 Å². The van der Waals surface area contributed by atoms with Crippen LogP contribution in [0, 0.1) is 11.8 Å². The van der Waals surface area contributed by atoms with Crippen LogP contribution in [-0.4, -0.2) is 72.0 Å². The van der Waals surface area contributed by atoms with Crippen LogP contribution in [0.5, 0.6) is 0 Å². The summed E-state index contributed by atoms with van der Waals surface area (Å²) in [5, 5.41) is 3.33. The van der Waals surface area contributed by atoms with E-state index in [9.17, 15) is 14.4 Å². The van der Waals surface area contributed by atoms with Gasteiger partial charge in [0.25, 0.3) is 0 Å². The molecular formula is C19H30ClN3O4. The monoisotopic (exact) mass is 399 g/mol. The number of nitrogens with one attached hydrogen (secondary N) is 1. The fraction of sp³-hybridized carbons (Fsp3) is 0.842. The van der Waals surface area contributed by atoms with Gasteiger partial charge in [0.2, 0.25) is 17.7 Å². The maximum Gasteiger partial charge on any atom is 0.235 e. The molecule has 0 aliphatic carbocycles. The van der Waals surface area contributed by atoms with Gasteiger partial charge in [-0.15, -0.1) is 12.4 Å². The van der Waals surface area contributed by atoms with Gasteiger partial charge in [-0.25, -0.2) is 0 Å². The Balaban J connectivity index is 0.00000210. The number of piperidine rings is 1. The highest BCUT2D eigenvalue weighted by Gasteiger charge is 2.62. The first kappa shape index (κ1) is 20.6. The second kappa shape index (κ2) is 8.45. The Morgan fingerprint density at radius 2 is 1.70 bits per heavy atom. The number of ether oxygens (including phenoxy) is 1. The zero-order valence-electron chi connectivity index (χ0n) is 15.9. The van der Waals surface area contributed by atoms with Crippen molar-refractivity contribution < 1.29 is 19.1 Å². The summed E-state index contributed by atoms with van der Waals surface area (Å²) >= 11 is 0. The van der Waals surface area contributed by atoms with Gasteiger partial charge in [-0.05, 0) is 45.2 Å². The lowest BCUT2D eigenvalue weighted by Gasteiger charge is -2.35. The quantitative estimate of drug-likeness (QED) is 0.673. The average molecular weight is 400 g/mol. The highest BCUT2D eigenvalue weighted by molar-refractivity contribution is 6.06. The summed E-state index contributed by atoms with van der Waals surface area (Å²) in [6.45, 7) is 4.91. The van der Waals surface area contributed by atoms with Crippen LogP contribution in [0.1, 0.15) is 45.4 Å². The Labute approximate surface area is 166 Å². The van der Waals surface area contributed by atoms with E-state index in [1.807, 2.05) is 4.90 Å². The lowest BCUT2D eigenvalue weighted by molar-refractivity contribution is -0.143. The minimum absolute atomic E-state index is 0. The molecule has 4 aliphatic rings. The normalized spacial score (nSPS) is 32.6. The first-order chi connectivity index (χ1) is 12.6. The fourth-order valence-electron chi connectivity index (χ4n) is 5.22. The van der Waals surface area contributed by atoms with Gasteiger partial charge >= 0.3 is 0 Å². The predicted molar refractivity (Wildman–Crippen MR) is 101 cm³/mol. The number of fused-ring (bicyclic) bond motifs is 5. The molecule has 0 spiro atoms. The second-order valence-corrected chi connectivity index (χ2v) is 7.99. The largest absolute Gasteiger partial charge is 0.373 e. The number of halogens is 1. The van der Waals surface area contributed by atoms with Crippen LogP contribution in [-0.2, 0) is 19.1 Å². The van der Waals surface area contributed by atoms with E-state index in [0.29, 0.717) is 0 Å². The number of likely N-dealkylation sites (tertiary alicyclic amines) is 1. The van der Waals surface area contributed by atoms with Crippen molar-refractivity contribution in [2.45, 2.75) is 63.7 Å². The lowest BCUT2D eigenvalue weighted by Crippen LogP contribution is -2.47. The molecule has 0 aromatic carbocycles. The van der Waals surface area contributed by atoms with Crippen molar-refractivity contribution in [1.29, 1.82) is 0 Å². The SMILES string of the molecule is CCCN(C(=O)CCN1C(=O)C2C3CCC(O3)C2C1=O)C1CCNCC1.Cl. The summed E-state index contributed by atoms with van der Waals surface area (Å²) in [6.07, 6.45) is 4.66. The zero-order valence-corrected chi connectivity index (χ0v) is 16.7. The van der Waals surface area contributed by atoms with E-state index >= 15 is 0 Å². The van der Waals surface area contributed by atoms with Crippen LogP contribution < -0.4 is 5.32 Å². The van der Waals surface area contributed by atoms with Crippen molar-refractivity contribution >= 4 is 30.1 Å². The third-order valence-electron chi connectivity index (χ3n) is 6.46. The van der Waals surface area contributed by atoms with Crippen LogP contribution >= 0.6 is 12.4 Å². The Morgan fingerprint density at radius 1 is 1.11 bits per heavy atom. The van der Waals surface area contributed by atoms with Crippen LogP contribution in [0.4, 0.5) is 0 Å². The summed E-state index contributed by atoms with van der Waals surface area (Å²) in [7, 11) is 0. The molecule has 4 aliphatic heterocycles. The summed E-state index contributed by atoms with van der Waals surface area (Å²) in [5.41, 5.74) is 0. The molecule has 4 heterocycles. The minimum Gasteiger partial charge on any atom is -0.373 e. The molecule has 4 saturated heterocycles. The molecule has 152 valence electrons. The summed E-state index contributed by atoms with van der Waals surface area (Å²) in [5.74, 6) is -0.775. The minimum atomic E-state index is -0.299. The first-order valence-electron chi connectivity index (χ1n) is 10.1. The molecule has 27 heavy (non-hydrogen) atoms.